The van der Waals surface area contributed by atoms with Gasteiger partial charge in [-0.1, -0.05) is 31.1 Å². The zero-order valence-electron chi connectivity index (χ0n) is 17.6. The van der Waals surface area contributed by atoms with E-state index in [0.29, 0.717) is 26.2 Å². The first-order chi connectivity index (χ1) is 14.8. The van der Waals surface area contributed by atoms with Gasteiger partial charge in [0.1, 0.15) is 11.5 Å². The van der Waals surface area contributed by atoms with Crippen molar-refractivity contribution < 1.29 is 19.3 Å². The standard InChI is InChI=1S/C25H31NO4/c27-20-14-19-15-24(28-13-11-26-9-3-1-2-4-10-26)30-17-23(19)21-8-7-18-6-5-12-29-25(18)22(21)16-20/h6-8,14,16,24,27H,1-5,9-13,15,17H2/t24-/m1/s1. The number of aliphatic hydroxyl groups is 1. The normalized spacial score (nSPS) is 24.1. The van der Waals surface area contributed by atoms with Gasteiger partial charge in [-0.2, -0.15) is 0 Å². The lowest BCUT2D eigenvalue weighted by Crippen LogP contribution is -2.33. The number of rotatable bonds is 4. The number of hydrogen-bond acceptors (Lipinski definition) is 5. The van der Waals surface area contributed by atoms with Crippen LogP contribution in [0.25, 0.3) is 17.7 Å². The molecule has 5 nitrogen and oxygen atoms in total. The van der Waals surface area contributed by atoms with Gasteiger partial charge in [0.25, 0.3) is 0 Å². The Bertz CT molecular complexity index is 970. The van der Waals surface area contributed by atoms with Crippen molar-refractivity contribution in [1.29, 1.82) is 0 Å². The van der Waals surface area contributed by atoms with E-state index in [0.717, 1.165) is 45.9 Å². The molecule has 0 amide bonds. The third kappa shape index (κ3) is 4.20. The molecule has 1 N–H and O–H groups in total. The van der Waals surface area contributed by atoms with Crippen LogP contribution in [0, 0.1) is 0 Å². The number of fused-ring (bicyclic) bond motifs is 4. The van der Waals surface area contributed by atoms with Crippen molar-refractivity contribution in [2.45, 2.75) is 44.8 Å². The van der Waals surface area contributed by atoms with Crippen LogP contribution in [-0.2, 0) is 9.47 Å². The van der Waals surface area contributed by atoms with E-state index < -0.39 is 0 Å². The number of likely N-dealkylation sites (tertiary alicyclic amines) is 1. The fraction of sp³-hybridized carbons (Fsp3) is 0.520. The Morgan fingerprint density at radius 2 is 1.97 bits per heavy atom. The molecule has 3 heterocycles. The molecule has 2 fully saturated rings. The van der Waals surface area contributed by atoms with E-state index in [1.807, 2.05) is 12.2 Å². The molecule has 0 radical (unpaired) electrons. The second-order valence-corrected chi connectivity index (χ2v) is 8.58. The van der Waals surface area contributed by atoms with Gasteiger partial charge < -0.3 is 24.2 Å². The van der Waals surface area contributed by atoms with Crippen LogP contribution in [0.5, 0.6) is 5.75 Å². The van der Waals surface area contributed by atoms with E-state index in [2.05, 4.69) is 23.1 Å². The highest BCUT2D eigenvalue weighted by molar-refractivity contribution is 5.76. The summed E-state index contributed by atoms with van der Waals surface area (Å²) in [6, 6.07) is 4.24. The largest absolute Gasteiger partial charge is 0.508 e. The first kappa shape index (κ1) is 19.9. The van der Waals surface area contributed by atoms with Crippen LogP contribution < -0.4 is 15.2 Å². The minimum Gasteiger partial charge on any atom is -0.508 e. The molecular formula is C25H31NO4. The Hall–Kier alpha value is -2.08. The molecule has 0 aromatic heterocycles. The van der Waals surface area contributed by atoms with Crippen LogP contribution in [0.2, 0.25) is 0 Å². The maximum absolute atomic E-state index is 10.6. The van der Waals surface area contributed by atoms with E-state index in [4.69, 9.17) is 14.2 Å². The molecule has 4 aliphatic rings. The van der Waals surface area contributed by atoms with Crippen molar-refractivity contribution in [2.75, 3.05) is 39.5 Å². The summed E-state index contributed by atoms with van der Waals surface area (Å²) in [4.78, 5) is 2.50. The third-order valence-electron chi connectivity index (χ3n) is 6.49. The molecule has 3 aliphatic heterocycles. The molecule has 1 aromatic rings. The molecule has 0 bridgehead atoms. The summed E-state index contributed by atoms with van der Waals surface area (Å²) < 4.78 is 18.1. The SMILES string of the molecule is OC1=Cc2c3c(ccc2=C2CO[C@@H](OCCN4CCCCCC4)CC2=C1)=CCCO3. The number of allylic oxidation sites excluding steroid dienone is 1. The van der Waals surface area contributed by atoms with Crippen LogP contribution in [0.1, 0.15) is 44.1 Å². The van der Waals surface area contributed by atoms with Crippen LogP contribution in [0.3, 0.4) is 0 Å². The maximum atomic E-state index is 10.6. The molecule has 5 rings (SSSR count). The fourth-order valence-electron chi connectivity index (χ4n) is 4.90. The summed E-state index contributed by atoms with van der Waals surface area (Å²) >= 11 is 0. The first-order valence-corrected chi connectivity index (χ1v) is 11.3. The quantitative estimate of drug-likeness (QED) is 0.829. The molecule has 1 atom stereocenters. The first-order valence-electron chi connectivity index (χ1n) is 11.3. The molecule has 30 heavy (non-hydrogen) atoms. The summed E-state index contributed by atoms with van der Waals surface area (Å²) in [6.45, 7) is 5.16. The lowest BCUT2D eigenvalue weighted by atomic mass is 9.96. The maximum Gasteiger partial charge on any atom is 0.162 e. The van der Waals surface area contributed by atoms with Gasteiger partial charge in [0, 0.05) is 30.2 Å². The fourth-order valence-corrected chi connectivity index (χ4v) is 4.90. The molecule has 0 unspecified atom stereocenters. The predicted molar refractivity (Wildman–Crippen MR) is 118 cm³/mol. The second kappa shape index (κ2) is 8.96. The van der Waals surface area contributed by atoms with Gasteiger partial charge >= 0.3 is 0 Å². The van der Waals surface area contributed by atoms with Crippen LogP contribution in [0.4, 0.5) is 0 Å². The zero-order valence-corrected chi connectivity index (χ0v) is 17.6. The van der Waals surface area contributed by atoms with Gasteiger partial charge in [0.15, 0.2) is 6.29 Å². The minimum absolute atomic E-state index is 0.258. The summed E-state index contributed by atoms with van der Waals surface area (Å²) in [5, 5.41) is 12.7. The highest BCUT2D eigenvalue weighted by atomic mass is 16.7. The lowest BCUT2D eigenvalue weighted by molar-refractivity contribution is -0.140. The molecule has 0 spiro atoms. The number of aliphatic hydroxyl groups excluding tert-OH is 1. The van der Waals surface area contributed by atoms with Gasteiger partial charge in [-0.05, 0) is 54.4 Å². The number of ether oxygens (including phenoxy) is 3. The average molecular weight is 410 g/mol. The van der Waals surface area contributed by atoms with Gasteiger partial charge in [0.05, 0.1) is 19.8 Å². The highest BCUT2D eigenvalue weighted by Gasteiger charge is 2.26. The lowest BCUT2D eigenvalue weighted by Gasteiger charge is -2.28. The van der Waals surface area contributed by atoms with Crippen molar-refractivity contribution >= 4 is 17.7 Å². The van der Waals surface area contributed by atoms with Crippen LogP contribution in [0.15, 0.2) is 29.5 Å². The van der Waals surface area contributed by atoms with Gasteiger partial charge in [-0.3, -0.25) is 0 Å². The van der Waals surface area contributed by atoms with Crippen LogP contribution >= 0.6 is 0 Å². The van der Waals surface area contributed by atoms with E-state index in [9.17, 15) is 5.11 Å². The summed E-state index contributed by atoms with van der Waals surface area (Å²) in [5.74, 6) is 1.12. The molecule has 1 aromatic carbocycles. The van der Waals surface area contributed by atoms with Gasteiger partial charge in [-0.15, -0.1) is 0 Å². The van der Waals surface area contributed by atoms with Crippen molar-refractivity contribution in [3.63, 3.8) is 0 Å². The summed E-state index contributed by atoms with van der Waals surface area (Å²) in [7, 11) is 0. The number of benzene rings is 1. The van der Waals surface area contributed by atoms with E-state index in [1.54, 1.807) is 0 Å². The summed E-state index contributed by atoms with van der Waals surface area (Å²) in [6.07, 6.45) is 12.5. The second-order valence-electron chi connectivity index (χ2n) is 8.58. The smallest absolute Gasteiger partial charge is 0.162 e. The number of nitrogens with zero attached hydrogens (tertiary/aromatic N) is 1. The van der Waals surface area contributed by atoms with Gasteiger partial charge in [0.2, 0.25) is 0 Å². The van der Waals surface area contributed by atoms with Crippen molar-refractivity contribution in [2.24, 2.45) is 0 Å². The van der Waals surface area contributed by atoms with Crippen LogP contribution in [-0.4, -0.2) is 55.8 Å². The third-order valence-corrected chi connectivity index (χ3v) is 6.49. The molecule has 160 valence electrons. The monoisotopic (exact) mass is 409 g/mol. The zero-order chi connectivity index (χ0) is 20.3. The molecule has 1 aliphatic carbocycles. The molecular weight excluding hydrogens is 378 g/mol. The molecule has 2 saturated heterocycles. The Morgan fingerprint density at radius 3 is 2.83 bits per heavy atom. The average Bonchev–Trinajstić information content (AvgIpc) is 3.10. The van der Waals surface area contributed by atoms with E-state index >= 15 is 0 Å². The van der Waals surface area contributed by atoms with E-state index in [1.165, 1.54) is 38.8 Å². The Morgan fingerprint density at radius 1 is 1.10 bits per heavy atom. The molecule has 5 heteroatoms. The predicted octanol–water partition coefficient (Wildman–Crippen LogP) is 2.88. The Labute approximate surface area is 177 Å². The Kier molecular flexibility index (Phi) is 5.93. The topological polar surface area (TPSA) is 51.2 Å². The summed E-state index contributed by atoms with van der Waals surface area (Å²) in [5.41, 5.74) is 3.16. The molecule has 0 saturated carbocycles. The van der Waals surface area contributed by atoms with Gasteiger partial charge in [-0.25, -0.2) is 0 Å². The van der Waals surface area contributed by atoms with Crippen molar-refractivity contribution in [3.05, 3.63) is 45.5 Å². The van der Waals surface area contributed by atoms with Crippen molar-refractivity contribution in [1.82, 2.24) is 4.90 Å². The number of hydrogen-bond donors (Lipinski definition) is 1. The minimum atomic E-state index is -0.261. The Balaban J connectivity index is 1.32. The van der Waals surface area contributed by atoms with Crippen molar-refractivity contribution in [3.8, 4) is 5.75 Å². The van der Waals surface area contributed by atoms with E-state index in [-0.39, 0.29) is 12.0 Å². The highest BCUT2D eigenvalue weighted by Crippen LogP contribution is 2.30.